The molecule has 2 heteroatoms. The van der Waals surface area contributed by atoms with Crippen molar-refractivity contribution in [3.8, 4) is 0 Å². The zero-order valence-corrected chi connectivity index (χ0v) is 21.0. The van der Waals surface area contributed by atoms with Crippen molar-refractivity contribution in [2.75, 3.05) is 0 Å². The molecular weight excluding hydrogens is 411 g/mol. The maximum absolute atomic E-state index is 10.6. The Bertz CT molecular complexity index is 354. The molecule has 0 fully saturated rings. The molecule has 0 saturated carbocycles. The second-order valence-electron chi connectivity index (χ2n) is 8.39. The molecule has 1 nitrogen and oxygen atoms in total. The van der Waals surface area contributed by atoms with E-state index in [0.717, 1.165) is 0 Å². The van der Waals surface area contributed by atoms with Crippen LogP contribution >= 0.6 is 0 Å². The van der Waals surface area contributed by atoms with Gasteiger partial charge in [0.25, 0.3) is 0 Å². The molecule has 0 heterocycles. The zero-order valence-electron chi connectivity index (χ0n) is 18.2. The van der Waals surface area contributed by atoms with E-state index in [4.69, 9.17) is 0 Å². The average molecular weight is 457 g/mol. The third-order valence-electron chi connectivity index (χ3n) is 5.17. The van der Waals surface area contributed by atoms with E-state index in [1.807, 2.05) is 13.8 Å². The Morgan fingerprint density at radius 2 is 1.24 bits per heavy atom. The minimum absolute atomic E-state index is 0.697. The van der Waals surface area contributed by atoms with Crippen molar-refractivity contribution in [2.45, 2.75) is 118 Å². The van der Waals surface area contributed by atoms with Crippen molar-refractivity contribution >= 4 is 18.4 Å². The Kier molecular flexibility index (Phi) is 14.5. The molecule has 25 heavy (non-hydrogen) atoms. The van der Waals surface area contributed by atoms with Crippen molar-refractivity contribution in [3.63, 3.8) is 0 Å². The molecule has 0 rings (SSSR count). The van der Waals surface area contributed by atoms with E-state index < -0.39 is 24.0 Å². The van der Waals surface area contributed by atoms with Crippen LogP contribution in [0.25, 0.3) is 0 Å². The molecule has 148 valence electrons. The van der Waals surface area contributed by atoms with Crippen molar-refractivity contribution in [1.82, 2.24) is 0 Å². The van der Waals surface area contributed by atoms with Gasteiger partial charge in [-0.25, -0.2) is 0 Å². The summed E-state index contributed by atoms with van der Waals surface area (Å²) in [6, 6.07) is 0. The average Bonchev–Trinajstić information content (AvgIpc) is 2.56. The summed E-state index contributed by atoms with van der Waals surface area (Å²) in [5.74, 6) is 0. The van der Waals surface area contributed by atoms with Crippen LogP contribution in [0, 0.1) is 0 Å². The van der Waals surface area contributed by atoms with Gasteiger partial charge in [-0.1, -0.05) is 0 Å². The number of aliphatic hydroxyl groups is 1. The summed E-state index contributed by atoms with van der Waals surface area (Å²) < 4.78 is 6.00. The van der Waals surface area contributed by atoms with Gasteiger partial charge in [0.2, 0.25) is 0 Å². The molecule has 0 aromatic rings. The molecule has 0 saturated heterocycles. The molecule has 0 amide bonds. The summed E-state index contributed by atoms with van der Waals surface area (Å²) in [5, 5.41) is 10.6. The molecule has 0 aromatic carbocycles. The molecule has 0 aliphatic heterocycles. The van der Waals surface area contributed by atoms with Crippen LogP contribution in [-0.2, 0) is 0 Å². The van der Waals surface area contributed by atoms with Gasteiger partial charge in [-0.15, -0.1) is 0 Å². The normalized spacial score (nSPS) is 13.8. The van der Waals surface area contributed by atoms with Crippen LogP contribution in [0.1, 0.15) is 99.3 Å². The van der Waals surface area contributed by atoms with Gasteiger partial charge < -0.3 is 0 Å². The van der Waals surface area contributed by atoms with Crippen LogP contribution < -0.4 is 0 Å². The van der Waals surface area contributed by atoms with E-state index in [1.165, 1.54) is 71.1 Å². The second kappa shape index (κ2) is 14.3. The Morgan fingerprint density at radius 3 is 1.60 bits per heavy atom. The summed E-state index contributed by atoms with van der Waals surface area (Å²) in [4.78, 5) is 0. The van der Waals surface area contributed by atoms with E-state index in [1.54, 1.807) is 3.59 Å². The first-order valence-corrected chi connectivity index (χ1v) is 18.5. The fourth-order valence-corrected chi connectivity index (χ4v) is 20.3. The second-order valence-corrected chi connectivity index (χ2v) is 21.6. The molecule has 0 spiro atoms. The number of allylic oxidation sites excluding steroid dienone is 3. The third kappa shape index (κ3) is 11.5. The van der Waals surface area contributed by atoms with E-state index in [2.05, 4.69) is 45.9 Å². The predicted octanol–water partition coefficient (Wildman–Crippen LogP) is 7.82. The minimum atomic E-state index is -2.46. The van der Waals surface area contributed by atoms with Gasteiger partial charge in [0.05, 0.1) is 0 Å². The molecule has 0 unspecified atom stereocenters. The Morgan fingerprint density at radius 1 is 0.800 bits per heavy atom. The van der Waals surface area contributed by atoms with E-state index in [9.17, 15) is 5.11 Å². The van der Waals surface area contributed by atoms with Gasteiger partial charge in [0.1, 0.15) is 0 Å². The number of rotatable bonds is 15. The standard InChI is InChI=1S/C11H19O.3C4H9.Sn/c1-4-5-6-7-8-9-10-11(2,3)12;3*1-3-4-2;/h7-8,10,12H,4-6H2,1-3H3;3*1,3-4H2,2H3;/b8-7-,10-9?;;;;. The Labute approximate surface area is 163 Å². The van der Waals surface area contributed by atoms with Gasteiger partial charge in [0.15, 0.2) is 0 Å². The van der Waals surface area contributed by atoms with Crippen LogP contribution in [0.15, 0.2) is 21.8 Å². The summed E-state index contributed by atoms with van der Waals surface area (Å²) in [5.41, 5.74) is -0.697. The topological polar surface area (TPSA) is 20.2 Å². The van der Waals surface area contributed by atoms with Gasteiger partial charge in [-0.05, 0) is 0 Å². The first-order chi connectivity index (χ1) is 11.8. The molecule has 0 radical (unpaired) electrons. The van der Waals surface area contributed by atoms with Gasteiger partial charge in [-0.3, -0.25) is 0 Å². The Balaban J connectivity index is 5.78. The first kappa shape index (κ1) is 25.2. The summed E-state index contributed by atoms with van der Waals surface area (Å²) in [7, 11) is 0. The maximum atomic E-state index is 10.6. The van der Waals surface area contributed by atoms with Crippen LogP contribution in [0.3, 0.4) is 0 Å². The number of hydrogen-bond donors (Lipinski definition) is 1. The quantitative estimate of drug-likeness (QED) is 0.151. The summed E-state index contributed by atoms with van der Waals surface area (Å²) in [6.07, 6.45) is 18.8. The zero-order chi connectivity index (χ0) is 19.2. The molecule has 0 aliphatic rings. The summed E-state index contributed by atoms with van der Waals surface area (Å²) >= 11 is -2.46. The molecule has 0 aliphatic carbocycles. The first-order valence-electron chi connectivity index (χ1n) is 11.0. The molecule has 0 aromatic heterocycles. The van der Waals surface area contributed by atoms with Crippen LogP contribution in [0.4, 0.5) is 0 Å². The fraction of sp³-hybridized carbons (Fsp3) is 0.826. The molecular formula is C23H46OSn. The molecule has 0 atom stereocenters. The van der Waals surface area contributed by atoms with Crippen LogP contribution in [0.2, 0.25) is 13.3 Å². The van der Waals surface area contributed by atoms with Crippen molar-refractivity contribution in [1.29, 1.82) is 0 Å². The van der Waals surface area contributed by atoms with Crippen LogP contribution in [-0.4, -0.2) is 29.1 Å². The van der Waals surface area contributed by atoms with E-state index in [0.29, 0.717) is 0 Å². The molecule has 1 N–H and O–H groups in total. The predicted molar refractivity (Wildman–Crippen MR) is 118 cm³/mol. The third-order valence-corrected chi connectivity index (χ3v) is 20.8. The SMILES string of the molecule is CCCC/C=C\[C](=C/C(C)(C)O)[Sn]([CH2]CCC)([CH2]CCC)[CH2]CCC. The van der Waals surface area contributed by atoms with Gasteiger partial charge in [-0.2, -0.15) is 0 Å². The van der Waals surface area contributed by atoms with E-state index in [-0.39, 0.29) is 0 Å². The van der Waals surface area contributed by atoms with Gasteiger partial charge >= 0.3 is 164 Å². The number of unbranched alkanes of at least 4 members (excludes halogenated alkanes) is 5. The van der Waals surface area contributed by atoms with Crippen molar-refractivity contribution in [3.05, 3.63) is 21.8 Å². The molecule has 0 bridgehead atoms. The van der Waals surface area contributed by atoms with Crippen LogP contribution in [0.5, 0.6) is 0 Å². The van der Waals surface area contributed by atoms with E-state index >= 15 is 0 Å². The Hall–Kier alpha value is 0.239. The van der Waals surface area contributed by atoms with Crippen molar-refractivity contribution < 1.29 is 5.11 Å². The fourth-order valence-electron chi connectivity index (χ4n) is 3.64. The van der Waals surface area contributed by atoms with Gasteiger partial charge in [0, 0.05) is 0 Å². The monoisotopic (exact) mass is 458 g/mol. The summed E-state index contributed by atoms with van der Waals surface area (Å²) in [6.45, 7) is 13.1. The number of hydrogen-bond acceptors (Lipinski definition) is 1. The van der Waals surface area contributed by atoms with Crippen molar-refractivity contribution in [2.24, 2.45) is 0 Å².